The summed E-state index contributed by atoms with van der Waals surface area (Å²) < 4.78 is 2.37. The topological polar surface area (TPSA) is 34.0 Å². The Balaban J connectivity index is 1.89. The second-order valence-electron chi connectivity index (χ2n) is 7.16. The predicted octanol–water partition coefficient (Wildman–Crippen LogP) is 4.05. The summed E-state index contributed by atoms with van der Waals surface area (Å²) in [6.07, 6.45) is 6.98. The van der Waals surface area contributed by atoms with Crippen LogP contribution < -0.4 is 0 Å². The van der Waals surface area contributed by atoms with Crippen LogP contribution in [0.3, 0.4) is 0 Å². The highest BCUT2D eigenvalue weighted by molar-refractivity contribution is 5.90. The van der Waals surface area contributed by atoms with Crippen molar-refractivity contribution in [1.29, 1.82) is 0 Å². The van der Waals surface area contributed by atoms with E-state index in [1.54, 1.807) is 0 Å². The molecule has 0 aliphatic carbocycles. The van der Waals surface area contributed by atoms with Crippen molar-refractivity contribution in [1.82, 2.24) is 19.4 Å². The van der Waals surface area contributed by atoms with E-state index in [-0.39, 0.29) is 0 Å². The van der Waals surface area contributed by atoms with Gasteiger partial charge in [0.2, 0.25) is 0 Å². The fourth-order valence-electron chi connectivity index (χ4n) is 3.64. The Morgan fingerprint density at radius 3 is 2.76 bits per heavy atom. The van der Waals surface area contributed by atoms with Crippen molar-refractivity contribution >= 4 is 22.7 Å². The van der Waals surface area contributed by atoms with Crippen molar-refractivity contribution in [3.05, 3.63) is 58.8 Å². The molecule has 2 aromatic heterocycles. The van der Waals surface area contributed by atoms with E-state index >= 15 is 0 Å². The number of aromatic nitrogens is 3. The van der Waals surface area contributed by atoms with Gasteiger partial charge in [-0.1, -0.05) is 11.6 Å². The van der Waals surface area contributed by atoms with Crippen LogP contribution in [0.4, 0.5) is 0 Å². The first-order chi connectivity index (χ1) is 12.0. The first-order valence-electron chi connectivity index (χ1n) is 8.81. The third-order valence-corrected chi connectivity index (χ3v) is 5.04. The molecule has 0 N–H and O–H groups in total. The van der Waals surface area contributed by atoms with Crippen LogP contribution in [-0.2, 0) is 13.0 Å². The van der Waals surface area contributed by atoms with E-state index in [2.05, 4.69) is 64.7 Å². The first-order valence-corrected chi connectivity index (χ1v) is 8.81. The average molecular weight is 332 g/mol. The zero-order chi connectivity index (χ0) is 17.6. The quantitative estimate of drug-likeness (QED) is 0.710. The Morgan fingerprint density at radius 2 is 2.00 bits per heavy atom. The molecule has 0 radical (unpaired) electrons. The molecule has 0 atom stereocenters. The normalized spacial score (nSPS) is 15.6. The maximum absolute atomic E-state index is 4.52. The van der Waals surface area contributed by atoms with Gasteiger partial charge >= 0.3 is 0 Å². The van der Waals surface area contributed by atoms with Crippen LogP contribution in [0.2, 0.25) is 0 Å². The highest BCUT2D eigenvalue weighted by Crippen LogP contribution is 2.32. The summed E-state index contributed by atoms with van der Waals surface area (Å²) in [5.74, 6) is 0. The molecule has 0 bridgehead atoms. The minimum Gasteiger partial charge on any atom is -0.320 e. The van der Waals surface area contributed by atoms with Gasteiger partial charge in [-0.15, -0.1) is 0 Å². The number of hydrogen-bond acceptors (Lipinski definition) is 3. The first kappa shape index (κ1) is 16.0. The van der Waals surface area contributed by atoms with Gasteiger partial charge in [-0.25, -0.2) is 0 Å². The molecule has 4 nitrogen and oxygen atoms in total. The van der Waals surface area contributed by atoms with Crippen molar-refractivity contribution in [3.63, 3.8) is 0 Å². The lowest BCUT2D eigenvalue weighted by atomic mass is 10.0. The van der Waals surface area contributed by atoms with E-state index in [9.17, 15) is 0 Å². The molecule has 0 saturated heterocycles. The smallest absolute Gasteiger partial charge is 0.0856 e. The summed E-state index contributed by atoms with van der Waals surface area (Å²) in [6.45, 7) is 8.35. The molecule has 0 unspecified atom stereocenters. The molecule has 4 rings (SSSR count). The molecule has 3 aromatic rings. The lowest BCUT2D eigenvalue weighted by Crippen LogP contribution is -2.26. The summed E-state index contributed by atoms with van der Waals surface area (Å²) >= 11 is 0. The van der Waals surface area contributed by atoms with Crippen molar-refractivity contribution < 1.29 is 0 Å². The van der Waals surface area contributed by atoms with Gasteiger partial charge in [0.1, 0.15) is 0 Å². The second kappa shape index (κ2) is 6.12. The molecule has 128 valence electrons. The number of hydrogen-bond donors (Lipinski definition) is 0. The Labute approximate surface area is 148 Å². The molecule has 1 aliphatic heterocycles. The summed E-state index contributed by atoms with van der Waals surface area (Å²) in [5.41, 5.74) is 8.49. The van der Waals surface area contributed by atoms with Gasteiger partial charge in [0, 0.05) is 43.0 Å². The predicted molar refractivity (Wildman–Crippen MR) is 103 cm³/mol. The van der Waals surface area contributed by atoms with Crippen LogP contribution in [0, 0.1) is 13.8 Å². The number of aryl methyl sites for hydroxylation is 2. The number of nitrogens with zero attached hydrogens (tertiary/aromatic N) is 4. The van der Waals surface area contributed by atoms with Gasteiger partial charge in [0.15, 0.2) is 0 Å². The standard InChI is InChI=1S/C21H24N4/c1-14-5-6-20-17(9-14)18-13-24(4)8-7-21(18)25(20)12-15(2)19-11-22-16(3)10-23-19/h5-6,9-12H,7-8,13H2,1-4H3. The summed E-state index contributed by atoms with van der Waals surface area (Å²) in [6, 6.07) is 6.76. The SMILES string of the molecule is CC(=Cn1c2c(c3cc(C)ccc31)CN(C)CC2)c1cnc(C)cn1. The van der Waals surface area contributed by atoms with Gasteiger partial charge in [0.05, 0.1) is 23.1 Å². The van der Waals surface area contributed by atoms with E-state index in [4.69, 9.17) is 0 Å². The Bertz CT molecular complexity index is 964. The fourth-order valence-corrected chi connectivity index (χ4v) is 3.64. The molecular weight excluding hydrogens is 308 g/mol. The van der Waals surface area contributed by atoms with Crippen LogP contribution in [0.15, 0.2) is 30.6 Å². The zero-order valence-electron chi connectivity index (χ0n) is 15.4. The summed E-state index contributed by atoms with van der Waals surface area (Å²) in [4.78, 5) is 11.3. The number of benzene rings is 1. The number of fused-ring (bicyclic) bond motifs is 3. The molecule has 1 aromatic carbocycles. The molecule has 0 spiro atoms. The van der Waals surface area contributed by atoms with Crippen molar-refractivity contribution in [2.45, 2.75) is 33.7 Å². The molecule has 4 heteroatoms. The van der Waals surface area contributed by atoms with E-state index < -0.39 is 0 Å². The summed E-state index contributed by atoms with van der Waals surface area (Å²) in [7, 11) is 2.20. The Kier molecular flexibility index (Phi) is 3.92. The van der Waals surface area contributed by atoms with E-state index in [0.29, 0.717) is 0 Å². The Hall–Kier alpha value is -2.46. The fraction of sp³-hybridized carbons (Fsp3) is 0.333. The van der Waals surface area contributed by atoms with Crippen LogP contribution in [0.25, 0.3) is 22.7 Å². The van der Waals surface area contributed by atoms with Crippen LogP contribution in [-0.4, -0.2) is 33.0 Å². The number of likely N-dealkylation sites (N-methyl/N-ethyl adjacent to an activating group) is 1. The van der Waals surface area contributed by atoms with Crippen LogP contribution in [0.1, 0.15) is 35.1 Å². The maximum atomic E-state index is 4.52. The minimum atomic E-state index is 0.932. The van der Waals surface area contributed by atoms with Gasteiger partial charge in [-0.3, -0.25) is 9.97 Å². The lowest BCUT2D eigenvalue weighted by Gasteiger charge is -2.23. The van der Waals surface area contributed by atoms with E-state index in [1.807, 2.05) is 19.3 Å². The molecule has 25 heavy (non-hydrogen) atoms. The lowest BCUT2D eigenvalue weighted by molar-refractivity contribution is 0.312. The molecule has 3 heterocycles. The highest BCUT2D eigenvalue weighted by atomic mass is 15.1. The Morgan fingerprint density at radius 1 is 1.16 bits per heavy atom. The summed E-state index contributed by atoms with van der Waals surface area (Å²) in [5, 5.41) is 1.38. The average Bonchev–Trinajstić information content (AvgIpc) is 2.88. The second-order valence-corrected chi connectivity index (χ2v) is 7.16. The number of rotatable bonds is 2. The molecule has 0 fully saturated rings. The van der Waals surface area contributed by atoms with E-state index in [1.165, 1.54) is 27.7 Å². The largest absolute Gasteiger partial charge is 0.320 e. The molecular formula is C21H24N4. The van der Waals surface area contributed by atoms with Gasteiger partial charge < -0.3 is 9.47 Å². The van der Waals surface area contributed by atoms with Crippen molar-refractivity contribution in [3.8, 4) is 0 Å². The third kappa shape index (κ3) is 2.87. The van der Waals surface area contributed by atoms with Crippen LogP contribution >= 0.6 is 0 Å². The number of allylic oxidation sites excluding steroid dienone is 1. The van der Waals surface area contributed by atoms with Crippen LogP contribution in [0.5, 0.6) is 0 Å². The van der Waals surface area contributed by atoms with Crippen molar-refractivity contribution in [2.75, 3.05) is 13.6 Å². The van der Waals surface area contributed by atoms with Gasteiger partial charge in [0.25, 0.3) is 0 Å². The highest BCUT2D eigenvalue weighted by Gasteiger charge is 2.21. The third-order valence-electron chi connectivity index (χ3n) is 5.04. The molecule has 1 aliphatic rings. The molecule has 0 amide bonds. The van der Waals surface area contributed by atoms with Gasteiger partial charge in [-0.2, -0.15) is 0 Å². The van der Waals surface area contributed by atoms with E-state index in [0.717, 1.165) is 36.5 Å². The monoisotopic (exact) mass is 332 g/mol. The molecule has 0 saturated carbocycles. The zero-order valence-corrected chi connectivity index (χ0v) is 15.4. The van der Waals surface area contributed by atoms with Gasteiger partial charge in [-0.05, 0) is 51.1 Å². The van der Waals surface area contributed by atoms with Crippen molar-refractivity contribution in [2.24, 2.45) is 0 Å². The maximum Gasteiger partial charge on any atom is 0.0856 e. The minimum absolute atomic E-state index is 0.932.